The lowest BCUT2D eigenvalue weighted by atomic mass is 10.1. The van der Waals surface area contributed by atoms with Crippen molar-refractivity contribution in [3.63, 3.8) is 0 Å². The quantitative estimate of drug-likeness (QED) is 0.755. The molecule has 3 nitrogen and oxygen atoms in total. The highest BCUT2D eigenvalue weighted by atomic mass is 16.1. The number of hydrogen-bond donors (Lipinski definition) is 1. The third-order valence-electron chi connectivity index (χ3n) is 1.82. The van der Waals surface area contributed by atoms with E-state index in [-0.39, 0.29) is 5.91 Å². The first-order chi connectivity index (χ1) is 7.26. The zero-order valence-electron chi connectivity index (χ0n) is 8.53. The van der Waals surface area contributed by atoms with Crippen LogP contribution in [0.15, 0.2) is 30.3 Å². The Morgan fingerprint density at radius 2 is 2.13 bits per heavy atom. The van der Waals surface area contributed by atoms with Crippen molar-refractivity contribution in [3.8, 4) is 6.07 Å². The van der Waals surface area contributed by atoms with Crippen LogP contribution in [0.1, 0.15) is 18.1 Å². The molecule has 0 aliphatic carbocycles. The standard InChI is InChI=1S/C12H12N2O/c1-2-14-12(15)8-7-10-3-5-11(9-13)6-4-10/h3-8H,2H2,1H3,(H,14,15). The maximum absolute atomic E-state index is 11.1. The normalized spacial score (nSPS) is 9.87. The number of benzene rings is 1. The van der Waals surface area contributed by atoms with Gasteiger partial charge in [-0.1, -0.05) is 12.1 Å². The van der Waals surface area contributed by atoms with Crippen LogP contribution in [0.4, 0.5) is 0 Å². The van der Waals surface area contributed by atoms with Gasteiger partial charge in [0.25, 0.3) is 0 Å². The van der Waals surface area contributed by atoms with Crippen molar-refractivity contribution in [2.24, 2.45) is 0 Å². The molecule has 0 spiro atoms. The van der Waals surface area contributed by atoms with Crippen molar-refractivity contribution in [1.29, 1.82) is 5.26 Å². The maximum Gasteiger partial charge on any atom is 0.243 e. The van der Waals surface area contributed by atoms with E-state index in [0.717, 1.165) is 5.56 Å². The van der Waals surface area contributed by atoms with E-state index in [0.29, 0.717) is 12.1 Å². The van der Waals surface area contributed by atoms with Crippen molar-refractivity contribution in [3.05, 3.63) is 41.5 Å². The minimum atomic E-state index is -0.109. The monoisotopic (exact) mass is 200 g/mol. The molecule has 0 fully saturated rings. The van der Waals surface area contributed by atoms with Crippen LogP contribution < -0.4 is 5.32 Å². The molecular weight excluding hydrogens is 188 g/mol. The number of hydrogen-bond acceptors (Lipinski definition) is 2. The molecule has 1 aromatic carbocycles. The molecule has 3 heteroatoms. The van der Waals surface area contributed by atoms with E-state index in [1.165, 1.54) is 6.08 Å². The van der Waals surface area contributed by atoms with Crippen LogP contribution in [0.2, 0.25) is 0 Å². The van der Waals surface area contributed by atoms with Crippen molar-refractivity contribution < 1.29 is 4.79 Å². The molecule has 1 rings (SSSR count). The van der Waals surface area contributed by atoms with Crippen LogP contribution in [-0.2, 0) is 4.79 Å². The van der Waals surface area contributed by atoms with Crippen LogP contribution in [-0.4, -0.2) is 12.5 Å². The molecule has 76 valence electrons. The minimum absolute atomic E-state index is 0.109. The number of likely N-dealkylation sites (N-methyl/N-ethyl adjacent to an activating group) is 1. The Morgan fingerprint density at radius 1 is 1.47 bits per heavy atom. The summed E-state index contributed by atoms with van der Waals surface area (Å²) in [6.07, 6.45) is 3.19. The SMILES string of the molecule is CCNC(=O)C=Cc1ccc(C#N)cc1. The van der Waals surface area contributed by atoms with E-state index in [1.54, 1.807) is 30.3 Å². The van der Waals surface area contributed by atoms with Gasteiger partial charge >= 0.3 is 0 Å². The van der Waals surface area contributed by atoms with E-state index < -0.39 is 0 Å². The van der Waals surface area contributed by atoms with Crippen LogP contribution in [0, 0.1) is 11.3 Å². The molecule has 1 N–H and O–H groups in total. The van der Waals surface area contributed by atoms with Gasteiger partial charge in [-0.15, -0.1) is 0 Å². The van der Waals surface area contributed by atoms with Gasteiger partial charge in [0.15, 0.2) is 0 Å². The molecule has 0 bridgehead atoms. The second-order valence-corrected chi connectivity index (χ2v) is 2.96. The topological polar surface area (TPSA) is 52.9 Å². The Labute approximate surface area is 89.0 Å². The molecule has 1 amide bonds. The van der Waals surface area contributed by atoms with Gasteiger partial charge in [-0.05, 0) is 30.7 Å². The first-order valence-electron chi connectivity index (χ1n) is 4.72. The predicted molar refractivity (Wildman–Crippen MR) is 58.9 cm³/mol. The Bertz CT molecular complexity index is 399. The molecule has 0 aliphatic rings. The second kappa shape index (κ2) is 5.61. The lowest BCUT2D eigenvalue weighted by Gasteiger charge is -1.95. The zero-order valence-corrected chi connectivity index (χ0v) is 8.53. The molecule has 0 unspecified atom stereocenters. The highest BCUT2D eigenvalue weighted by molar-refractivity contribution is 5.91. The molecule has 0 aliphatic heterocycles. The minimum Gasteiger partial charge on any atom is -0.353 e. The van der Waals surface area contributed by atoms with E-state index in [4.69, 9.17) is 5.26 Å². The third kappa shape index (κ3) is 3.65. The maximum atomic E-state index is 11.1. The Balaban J connectivity index is 2.65. The van der Waals surface area contributed by atoms with Crippen LogP contribution in [0.3, 0.4) is 0 Å². The van der Waals surface area contributed by atoms with Gasteiger partial charge in [-0.3, -0.25) is 4.79 Å². The summed E-state index contributed by atoms with van der Waals surface area (Å²) in [7, 11) is 0. The van der Waals surface area contributed by atoms with E-state index in [1.807, 2.05) is 13.0 Å². The first kappa shape index (κ1) is 11.0. The smallest absolute Gasteiger partial charge is 0.243 e. The average Bonchev–Trinajstić information content (AvgIpc) is 2.27. The molecule has 0 saturated heterocycles. The second-order valence-electron chi connectivity index (χ2n) is 2.96. The van der Waals surface area contributed by atoms with Crippen molar-refractivity contribution in [2.45, 2.75) is 6.92 Å². The highest BCUT2D eigenvalue weighted by Crippen LogP contribution is 2.04. The summed E-state index contributed by atoms with van der Waals surface area (Å²) in [5, 5.41) is 11.2. The van der Waals surface area contributed by atoms with Crippen LogP contribution >= 0.6 is 0 Å². The number of amides is 1. The van der Waals surface area contributed by atoms with Gasteiger partial charge < -0.3 is 5.32 Å². The van der Waals surface area contributed by atoms with Crippen LogP contribution in [0.5, 0.6) is 0 Å². The number of carbonyl (C=O) groups excluding carboxylic acids is 1. The first-order valence-corrected chi connectivity index (χ1v) is 4.72. The fourth-order valence-electron chi connectivity index (χ4n) is 1.07. The summed E-state index contributed by atoms with van der Waals surface area (Å²) in [6, 6.07) is 9.08. The third-order valence-corrected chi connectivity index (χ3v) is 1.82. The average molecular weight is 200 g/mol. The van der Waals surface area contributed by atoms with E-state index in [2.05, 4.69) is 5.32 Å². The number of carbonyl (C=O) groups is 1. The van der Waals surface area contributed by atoms with Gasteiger partial charge in [0.1, 0.15) is 0 Å². The number of nitriles is 1. The van der Waals surface area contributed by atoms with Gasteiger partial charge in [0.2, 0.25) is 5.91 Å². The van der Waals surface area contributed by atoms with E-state index >= 15 is 0 Å². The van der Waals surface area contributed by atoms with Gasteiger partial charge in [0, 0.05) is 12.6 Å². The summed E-state index contributed by atoms with van der Waals surface area (Å²) < 4.78 is 0. The molecule has 0 radical (unpaired) electrons. The number of nitrogens with one attached hydrogen (secondary N) is 1. The lowest BCUT2D eigenvalue weighted by Crippen LogP contribution is -2.19. The van der Waals surface area contributed by atoms with Gasteiger partial charge in [-0.2, -0.15) is 5.26 Å². The Morgan fingerprint density at radius 3 is 2.67 bits per heavy atom. The summed E-state index contributed by atoms with van der Waals surface area (Å²) in [5.74, 6) is -0.109. The Kier molecular flexibility index (Phi) is 4.11. The van der Waals surface area contributed by atoms with Crippen molar-refractivity contribution in [1.82, 2.24) is 5.32 Å². The highest BCUT2D eigenvalue weighted by Gasteiger charge is 1.92. The molecule has 0 saturated carbocycles. The predicted octanol–water partition coefficient (Wildman–Crippen LogP) is 1.71. The molecule has 0 aromatic heterocycles. The summed E-state index contributed by atoms with van der Waals surface area (Å²) in [5.41, 5.74) is 1.52. The lowest BCUT2D eigenvalue weighted by molar-refractivity contribution is -0.116. The summed E-state index contributed by atoms with van der Waals surface area (Å²) in [4.78, 5) is 11.1. The summed E-state index contributed by atoms with van der Waals surface area (Å²) in [6.45, 7) is 2.49. The largest absolute Gasteiger partial charge is 0.353 e. The van der Waals surface area contributed by atoms with Gasteiger partial charge in [0.05, 0.1) is 11.6 Å². The molecule has 0 heterocycles. The number of rotatable bonds is 3. The fourth-order valence-corrected chi connectivity index (χ4v) is 1.07. The number of nitrogens with zero attached hydrogens (tertiary/aromatic N) is 1. The molecule has 0 atom stereocenters. The molecule has 1 aromatic rings. The van der Waals surface area contributed by atoms with Gasteiger partial charge in [-0.25, -0.2) is 0 Å². The molecular formula is C12H12N2O. The Hall–Kier alpha value is -2.08. The van der Waals surface area contributed by atoms with E-state index in [9.17, 15) is 4.79 Å². The van der Waals surface area contributed by atoms with Crippen molar-refractivity contribution in [2.75, 3.05) is 6.54 Å². The van der Waals surface area contributed by atoms with Crippen molar-refractivity contribution >= 4 is 12.0 Å². The zero-order chi connectivity index (χ0) is 11.1. The fraction of sp³-hybridized carbons (Fsp3) is 0.167. The van der Waals surface area contributed by atoms with Crippen LogP contribution in [0.25, 0.3) is 6.08 Å². The summed E-state index contributed by atoms with van der Waals surface area (Å²) >= 11 is 0. The molecule has 15 heavy (non-hydrogen) atoms.